The van der Waals surface area contributed by atoms with Crippen molar-refractivity contribution in [3.63, 3.8) is 0 Å². The smallest absolute Gasteiger partial charge is 0.0484 e. The fourth-order valence-electron chi connectivity index (χ4n) is 3.67. The largest absolute Gasteiger partial charge is 0.329 e. The van der Waals surface area contributed by atoms with Gasteiger partial charge in [-0.1, -0.05) is 25.1 Å². The van der Waals surface area contributed by atoms with Crippen LogP contribution in [0.5, 0.6) is 0 Å². The second-order valence-electron chi connectivity index (χ2n) is 6.52. The van der Waals surface area contributed by atoms with Gasteiger partial charge in [-0.3, -0.25) is 4.90 Å². The highest BCUT2D eigenvalue weighted by Gasteiger charge is 2.28. The van der Waals surface area contributed by atoms with Crippen molar-refractivity contribution in [3.8, 4) is 0 Å². The molecular weight excluding hydrogens is 276 g/mol. The third kappa shape index (κ3) is 3.01. The molecule has 2 N–H and O–H groups in total. The summed E-state index contributed by atoms with van der Waals surface area (Å²) in [5.74, 6) is 0.896. The van der Waals surface area contributed by atoms with Crippen molar-refractivity contribution in [2.75, 3.05) is 13.6 Å². The molecule has 1 unspecified atom stereocenters. The molecule has 0 saturated heterocycles. The highest BCUT2D eigenvalue weighted by molar-refractivity contribution is 7.17. The summed E-state index contributed by atoms with van der Waals surface area (Å²) in [5, 5.41) is 3.69. The van der Waals surface area contributed by atoms with E-state index in [0.29, 0.717) is 18.6 Å². The van der Waals surface area contributed by atoms with Crippen LogP contribution in [0.25, 0.3) is 10.1 Å². The number of likely N-dealkylation sites (N-methyl/N-ethyl adjacent to an activating group) is 1. The first-order chi connectivity index (χ1) is 10.2. The topological polar surface area (TPSA) is 29.3 Å². The monoisotopic (exact) mass is 302 g/mol. The molecule has 1 aliphatic carbocycles. The van der Waals surface area contributed by atoms with Crippen molar-refractivity contribution >= 4 is 21.4 Å². The Labute approximate surface area is 131 Å². The van der Waals surface area contributed by atoms with E-state index in [2.05, 4.69) is 48.5 Å². The molecule has 0 spiro atoms. The van der Waals surface area contributed by atoms with Gasteiger partial charge < -0.3 is 5.73 Å². The molecule has 0 amide bonds. The van der Waals surface area contributed by atoms with E-state index < -0.39 is 0 Å². The minimum atomic E-state index is 0.347. The zero-order valence-corrected chi connectivity index (χ0v) is 13.9. The number of hydrogen-bond donors (Lipinski definition) is 1. The van der Waals surface area contributed by atoms with Crippen molar-refractivity contribution in [1.29, 1.82) is 0 Å². The van der Waals surface area contributed by atoms with Crippen LogP contribution in [0.2, 0.25) is 0 Å². The van der Waals surface area contributed by atoms with Crippen molar-refractivity contribution in [3.05, 3.63) is 35.2 Å². The second kappa shape index (κ2) is 6.47. The maximum absolute atomic E-state index is 6.15. The average Bonchev–Trinajstić information content (AvgIpc) is 2.93. The Kier molecular flexibility index (Phi) is 4.63. The van der Waals surface area contributed by atoms with Crippen LogP contribution in [0.4, 0.5) is 0 Å². The minimum absolute atomic E-state index is 0.347. The quantitative estimate of drug-likeness (QED) is 0.906. The fourth-order valence-corrected chi connectivity index (χ4v) is 4.68. The molecule has 3 rings (SSSR count). The van der Waals surface area contributed by atoms with Crippen molar-refractivity contribution in [1.82, 2.24) is 4.90 Å². The summed E-state index contributed by atoms with van der Waals surface area (Å²) in [6.45, 7) is 3.08. The van der Waals surface area contributed by atoms with E-state index in [9.17, 15) is 0 Å². The molecule has 0 aliphatic heterocycles. The molecule has 0 radical (unpaired) electrons. The first kappa shape index (κ1) is 15.0. The SMILES string of the molecule is CC1CCC(N(C)C(CN)c2csc3ccccc23)CC1. The van der Waals surface area contributed by atoms with Crippen molar-refractivity contribution in [2.45, 2.75) is 44.7 Å². The highest BCUT2D eigenvalue weighted by Crippen LogP contribution is 2.36. The minimum Gasteiger partial charge on any atom is -0.329 e. The molecule has 1 aliphatic rings. The summed E-state index contributed by atoms with van der Waals surface area (Å²) in [5.41, 5.74) is 7.57. The standard InChI is InChI=1S/C18H26N2S/c1-13-7-9-14(10-8-13)20(2)17(11-19)16-12-21-18-6-4-3-5-15(16)18/h3-6,12-14,17H,7-11,19H2,1-2H3. The molecule has 0 bridgehead atoms. The molecule has 2 aromatic rings. The number of nitrogens with two attached hydrogens (primary N) is 1. The molecule has 114 valence electrons. The Morgan fingerprint density at radius 2 is 1.95 bits per heavy atom. The number of rotatable bonds is 4. The Morgan fingerprint density at radius 1 is 1.24 bits per heavy atom. The zero-order chi connectivity index (χ0) is 14.8. The normalized spacial score (nSPS) is 24.6. The van der Waals surface area contributed by atoms with Gasteiger partial charge in [0, 0.05) is 23.3 Å². The zero-order valence-electron chi connectivity index (χ0n) is 13.1. The molecule has 3 heteroatoms. The van der Waals surface area contributed by atoms with Crippen molar-refractivity contribution < 1.29 is 0 Å². The molecule has 21 heavy (non-hydrogen) atoms. The first-order valence-electron chi connectivity index (χ1n) is 8.08. The van der Waals surface area contributed by atoms with Crippen LogP contribution in [0.3, 0.4) is 0 Å². The van der Waals surface area contributed by atoms with Gasteiger partial charge in [-0.15, -0.1) is 11.3 Å². The third-order valence-corrected chi connectivity index (χ3v) is 6.13. The predicted molar refractivity (Wildman–Crippen MR) is 92.8 cm³/mol. The lowest BCUT2D eigenvalue weighted by Gasteiger charge is -2.38. The number of hydrogen-bond acceptors (Lipinski definition) is 3. The number of fused-ring (bicyclic) bond motifs is 1. The van der Waals surface area contributed by atoms with Gasteiger partial charge >= 0.3 is 0 Å². The van der Waals surface area contributed by atoms with Crippen LogP contribution in [0.15, 0.2) is 29.6 Å². The van der Waals surface area contributed by atoms with Crippen LogP contribution in [-0.2, 0) is 0 Å². The van der Waals surface area contributed by atoms with E-state index in [4.69, 9.17) is 5.73 Å². The van der Waals surface area contributed by atoms with E-state index in [1.165, 1.54) is 41.3 Å². The van der Waals surface area contributed by atoms with Crippen LogP contribution in [0.1, 0.15) is 44.2 Å². The molecule has 1 aromatic carbocycles. The number of benzene rings is 1. The van der Waals surface area contributed by atoms with Gasteiger partial charge in [-0.05, 0) is 61.0 Å². The lowest BCUT2D eigenvalue weighted by Crippen LogP contribution is -2.40. The van der Waals surface area contributed by atoms with E-state index in [-0.39, 0.29) is 0 Å². The number of thiophene rings is 1. The molecule has 1 saturated carbocycles. The summed E-state index contributed by atoms with van der Waals surface area (Å²) in [6, 6.07) is 9.73. The molecule has 1 aromatic heterocycles. The Morgan fingerprint density at radius 3 is 2.67 bits per heavy atom. The van der Waals surface area contributed by atoms with Gasteiger partial charge in [0.05, 0.1) is 0 Å². The van der Waals surface area contributed by atoms with Crippen LogP contribution < -0.4 is 5.73 Å². The Bertz CT molecular complexity index is 584. The molecular formula is C18H26N2S. The third-order valence-electron chi connectivity index (χ3n) is 5.15. The van der Waals surface area contributed by atoms with Crippen LogP contribution in [-0.4, -0.2) is 24.5 Å². The average molecular weight is 302 g/mol. The van der Waals surface area contributed by atoms with E-state index in [1.54, 1.807) is 0 Å². The van der Waals surface area contributed by atoms with E-state index >= 15 is 0 Å². The molecule has 2 nitrogen and oxygen atoms in total. The lowest BCUT2D eigenvalue weighted by molar-refractivity contribution is 0.127. The highest BCUT2D eigenvalue weighted by atomic mass is 32.1. The van der Waals surface area contributed by atoms with Crippen molar-refractivity contribution in [2.24, 2.45) is 11.7 Å². The Hall–Kier alpha value is -0.900. The van der Waals surface area contributed by atoms with Gasteiger partial charge in [0.25, 0.3) is 0 Å². The summed E-state index contributed by atoms with van der Waals surface area (Å²) < 4.78 is 1.37. The Balaban J connectivity index is 1.84. The molecule has 1 atom stereocenters. The predicted octanol–water partition coefficient (Wildman–Crippen LogP) is 4.41. The summed E-state index contributed by atoms with van der Waals surface area (Å²) >= 11 is 1.84. The van der Waals surface area contributed by atoms with Crippen LogP contribution >= 0.6 is 11.3 Å². The molecule has 1 heterocycles. The molecule has 1 fully saturated rings. The van der Waals surface area contributed by atoms with Gasteiger partial charge in [0.1, 0.15) is 0 Å². The van der Waals surface area contributed by atoms with Gasteiger partial charge in [-0.25, -0.2) is 0 Å². The van der Waals surface area contributed by atoms with E-state index in [1.807, 2.05) is 11.3 Å². The maximum atomic E-state index is 6.15. The maximum Gasteiger partial charge on any atom is 0.0484 e. The summed E-state index contributed by atoms with van der Waals surface area (Å²) in [4.78, 5) is 2.54. The number of nitrogens with zero attached hydrogens (tertiary/aromatic N) is 1. The van der Waals surface area contributed by atoms with Gasteiger partial charge in [0.2, 0.25) is 0 Å². The summed E-state index contributed by atoms with van der Waals surface area (Å²) in [7, 11) is 2.27. The van der Waals surface area contributed by atoms with Gasteiger partial charge in [0.15, 0.2) is 0 Å². The summed E-state index contributed by atoms with van der Waals surface area (Å²) in [6.07, 6.45) is 5.35. The fraction of sp³-hybridized carbons (Fsp3) is 0.556. The second-order valence-corrected chi connectivity index (χ2v) is 7.43. The van der Waals surface area contributed by atoms with Gasteiger partial charge in [-0.2, -0.15) is 0 Å². The first-order valence-corrected chi connectivity index (χ1v) is 8.96. The van der Waals surface area contributed by atoms with E-state index in [0.717, 1.165) is 5.92 Å². The lowest BCUT2D eigenvalue weighted by atomic mass is 9.86. The van der Waals surface area contributed by atoms with Crippen LogP contribution in [0, 0.1) is 5.92 Å².